The Bertz CT molecular complexity index is 1220. The number of tetrazole rings is 1. The van der Waals surface area contributed by atoms with Gasteiger partial charge < -0.3 is 0 Å². The first-order chi connectivity index (χ1) is 16.6. The van der Waals surface area contributed by atoms with E-state index in [1.807, 2.05) is 24.3 Å². The smallest absolute Gasteiger partial charge is 0.270 e. The molecule has 0 bridgehead atoms. The molecular weight excluding hydrogens is 434 g/mol. The van der Waals surface area contributed by atoms with Gasteiger partial charge in [0.25, 0.3) is 11.9 Å². The van der Waals surface area contributed by atoms with E-state index in [9.17, 15) is 4.79 Å². The molecule has 35 heavy (non-hydrogen) atoms. The zero-order valence-electron chi connectivity index (χ0n) is 21.8. The van der Waals surface area contributed by atoms with Crippen LogP contribution in [-0.2, 0) is 17.3 Å². The fraction of sp³-hybridized carbons (Fsp3) is 0.448. The Labute approximate surface area is 208 Å². The third-order valence-corrected chi connectivity index (χ3v) is 7.43. The number of aromatic nitrogens is 4. The van der Waals surface area contributed by atoms with Crippen molar-refractivity contribution < 1.29 is 4.79 Å². The Morgan fingerprint density at radius 1 is 1.06 bits per heavy atom. The summed E-state index contributed by atoms with van der Waals surface area (Å²) >= 11 is 0. The quantitative estimate of drug-likeness (QED) is 0.375. The first-order valence-electron chi connectivity index (χ1n) is 12.6. The number of carbonyl (C=O) groups is 1. The molecule has 2 N–H and O–H groups in total. The minimum absolute atomic E-state index is 0.160. The molecule has 1 amide bonds. The van der Waals surface area contributed by atoms with E-state index < -0.39 is 0 Å². The van der Waals surface area contributed by atoms with Crippen molar-refractivity contribution in [2.45, 2.75) is 84.5 Å². The molecule has 2 aromatic carbocycles. The van der Waals surface area contributed by atoms with Gasteiger partial charge in [0, 0.05) is 5.56 Å². The van der Waals surface area contributed by atoms with Crippen LogP contribution in [0.2, 0.25) is 0 Å². The number of rotatable bonds is 7. The van der Waals surface area contributed by atoms with Crippen molar-refractivity contribution in [3.05, 3.63) is 69.8 Å². The first-order valence-corrected chi connectivity index (χ1v) is 12.6. The lowest BCUT2D eigenvalue weighted by atomic mass is 9.62. The van der Waals surface area contributed by atoms with Gasteiger partial charge in [-0.3, -0.25) is 10.1 Å². The summed E-state index contributed by atoms with van der Waals surface area (Å²) in [6, 6.07) is 12.6. The number of unbranched alkanes of at least 4 members (excludes halogenated alkanes) is 1. The molecule has 6 heteroatoms. The number of amides is 1. The maximum atomic E-state index is 12.4. The van der Waals surface area contributed by atoms with Crippen LogP contribution in [0.4, 0.5) is 5.95 Å². The van der Waals surface area contributed by atoms with Crippen LogP contribution in [-0.4, -0.2) is 26.5 Å². The minimum atomic E-state index is -0.264. The number of carbonyl (C=O) groups excluding carboxylic acids is 1. The molecule has 4 rings (SSSR count). The molecule has 1 aliphatic rings. The number of H-pyrrole nitrogens is 1. The number of nitrogens with one attached hydrogen (secondary N) is 2. The molecule has 0 radical (unpaired) electrons. The van der Waals surface area contributed by atoms with Crippen LogP contribution in [0.25, 0.3) is 11.6 Å². The first kappa shape index (κ1) is 24.8. The van der Waals surface area contributed by atoms with Crippen molar-refractivity contribution in [3.63, 3.8) is 0 Å². The molecule has 0 spiro atoms. The van der Waals surface area contributed by atoms with Gasteiger partial charge in [-0.25, -0.2) is 0 Å². The second-order valence-electron chi connectivity index (χ2n) is 11.1. The highest BCUT2D eigenvalue weighted by Gasteiger charge is 2.37. The lowest BCUT2D eigenvalue weighted by Crippen LogP contribution is -2.34. The summed E-state index contributed by atoms with van der Waals surface area (Å²) in [7, 11) is 0. The van der Waals surface area contributed by atoms with Gasteiger partial charge in [-0.05, 0) is 94.2 Å². The molecule has 1 aliphatic carbocycles. The van der Waals surface area contributed by atoms with Crippen molar-refractivity contribution in [2.75, 3.05) is 5.32 Å². The van der Waals surface area contributed by atoms with Gasteiger partial charge in [0.15, 0.2) is 0 Å². The van der Waals surface area contributed by atoms with Crippen molar-refractivity contribution in [1.82, 2.24) is 20.6 Å². The predicted octanol–water partition coefficient (Wildman–Crippen LogP) is 6.70. The zero-order valence-corrected chi connectivity index (χ0v) is 21.8. The monoisotopic (exact) mass is 471 g/mol. The minimum Gasteiger partial charge on any atom is -0.288 e. The number of aromatic amines is 1. The molecule has 1 heterocycles. The van der Waals surface area contributed by atoms with Gasteiger partial charge >= 0.3 is 0 Å². The largest absolute Gasteiger partial charge is 0.288 e. The molecule has 0 saturated carbocycles. The summed E-state index contributed by atoms with van der Waals surface area (Å²) in [5.74, 6) is -0.104. The van der Waals surface area contributed by atoms with E-state index in [1.165, 1.54) is 53.5 Å². The fourth-order valence-electron chi connectivity index (χ4n) is 5.05. The maximum absolute atomic E-state index is 12.4. The van der Waals surface area contributed by atoms with E-state index in [-0.39, 0.29) is 22.7 Å². The highest BCUT2D eigenvalue weighted by Crippen LogP contribution is 2.47. The number of nitrogens with zero attached hydrogens (tertiary/aromatic N) is 3. The molecule has 1 aromatic heterocycles. The molecule has 0 aliphatic heterocycles. The summed E-state index contributed by atoms with van der Waals surface area (Å²) in [6.07, 6.45) is 8.11. The van der Waals surface area contributed by atoms with Crippen LogP contribution < -0.4 is 5.32 Å². The Morgan fingerprint density at radius 3 is 2.31 bits per heavy atom. The number of benzene rings is 2. The molecular formula is C29H37N5O. The third-order valence-electron chi connectivity index (χ3n) is 7.43. The van der Waals surface area contributed by atoms with E-state index in [0.29, 0.717) is 5.56 Å². The summed E-state index contributed by atoms with van der Waals surface area (Å²) in [6.45, 7) is 14.0. The molecule has 184 valence electrons. The van der Waals surface area contributed by atoms with Gasteiger partial charge in [0.05, 0.1) is 0 Å². The highest BCUT2D eigenvalue weighted by molar-refractivity contribution is 6.03. The number of hydrogen-bond donors (Lipinski definition) is 2. The van der Waals surface area contributed by atoms with Crippen LogP contribution in [0.3, 0.4) is 0 Å². The van der Waals surface area contributed by atoms with E-state index in [2.05, 4.69) is 85.7 Å². The van der Waals surface area contributed by atoms with Crippen LogP contribution in [0.5, 0.6) is 0 Å². The molecule has 3 aromatic rings. The molecule has 0 saturated heterocycles. The van der Waals surface area contributed by atoms with Gasteiger partial charge in [-0.2, -0.15) is 5.21 Å². The average Bonchev–Trinajstić information content (AvgIpc) is 3.33. The van der Waals surface area contributed by atoms with Crippen LogP contribution >= 0.6 is 0 Å². The SMILES string of the molecule is CCCCc1cc2c(cc1C(C)=Cc1ccc(C(=O)Nc3nn[nH]n3)cc1)C(C)(C)CCC2(C)C. The standard InChI is InChI=1S/C29H37N5O/c1-7-8-9-22-17-24-25(29(5,6)15-14-28(24,3)4)18-23(22)19(2)16-20-10-12-21(13-11-20)26(35)30-27-31-33-34-32-27/h10-13,16-18H,7-9,14-15H2,1-6H3,(H2,30,31,32,33,34,35). The number of anilines is 1. The van der Waals surface area contributed by atoms with Gasteiger partial charge in [-0.1, -0.05) is 76.5 Å². The maximum Gasteiger partial charge on any atom is 0.270 e. The van der Waals surface area contributed by atoms with Crippen molar-refractivity contribution in [3.8, 4) is 0 Å². The lowest BCUT2D eigenvalue weighted by molar-refractivity contribution is 0.102. The topological polar surface area (TPSA) is 83.6 Å². The Balaban J connectivity index is 1.66. The van der Waals surface area contributed by atoms with Crippen LogP contribution in [0.1, 0.15) is 105 Å². The van der Waals surface area contributed by atoms with Gasteiger partial charge in [-0.15, -0.1) is 5.10 Å². The number of hydrogen-bond acceptors (Lipinski definition) is 4. The Morgan fingerprint density at radius 2 is 1.71 bits per heavy atom. The van der Waals surface area contributed by atoms with Gasteiger partial charge in [0.1, 0.15) is 0 Å². The molecule has 0 fully saturated rings. The molecule has 0 unspecified atom stereocenters. The number of aryl methyl sites for hydroxylation is 1. The third kappa shape index (κ3) is 5.37. The second kappa shape index (κ2) is 9.76. The van der Waals surface area contributed by atoms with E-state index in [1.54, 1.807) is 0 Å². The highest BCUT2D eigenvalue weighted by atomic mass is 16.1. The van der Waals surface area contributed by atoms with Crippen molar-refractivity contribution >= 4 is 23.5 Å². The van der Waals surface area contributed by atoms with Crippen LogP contribution in [0.15, 0.2) is 36.4 Å². The number of allylic oxidation sites excluding steroid dienone is 1. The lowest BCUT2D eigenvalue weighted by Gasteiger charge is -2.42. The Kier molecular flexibility index (Phi) is 6.93. The van der Waals surface area contributed by atoms with Crippen LogP contribution in [0, 0.1) is 0 Å². The van der Waals surface area contributed by atoms with E-state index in [4.69, 9.17) is 0 Å². The predicted molar refractivity (Wildman–Crippen MR) is 142 cm³/mol. The summed E-state index contributed by atoms with van der Waals surface area (Å²) in [5, 5.41) is 15.9. The average molecular weight is 472 g/mol. The number of fused-ring (bicyclic) bond motifs is 1. The van der Waals surface area contributed by atoms with Crippen molar-refractivity contribution in [2.24, 2.45) is 0 Å². The van der Waals surface area contributed by atoms with E-state index >= 15 is 0 Å². The van der Waals surface area contributed by atoms with Gasteiger partial charge in [0.2, 0.25) is 0 Å². The van der Waals surface area contributed by atoms with Crippen molar-refractivity contribution in [1.29, 1.82) is 0 Å². The zero-order chi connectivity index (χ0) is 25.2. The Hall–Kier alpha value is -3.28. The fourth-order valence-corrected chi connectivity index (χ4v) is 5.05. The van der Waals surface area contributed by atoms with E-state index in [0.717, 1.165) is 12.0 Å². The summed E-state index contributed by atoms with van der Waals surface area (Å²) in [4.78, 5) is 12.4. The summed E-state index contributed by atoms with van der Waals surface area (Å²) in [5.41, 5.74) is 9.06. The second-order valence-corrected chi connectivity index (χ2v) is 11.1. The molecule has 6 nitrogen and oxygen atoms in total. The molecule has 0 atom stereocenters. The summed E-state index contributed by atoms with van der Waals surface area (Å²) < 4.78 is 0. The normalized spacial score (nSPS) is 16.6.